The van der Waals surface area contributed by atoms with Gasteiger partial charge in [-0.1, -0.05) is 52.3 Å². The Labute approximate surface area is 184 Å². The monoisotopic (exact) mass is 438 g/mol. The summed E-state index contributed by atoms with van der Waals surface area (Å²) in [4.78, 5) is 12.9. The minimum absolute atomic E-state index is 0.0291. The first-order valence-electron chi connectivity index (χ1n) is 10.2. The Morgan fingerprint density at radius 1 is 1.31 bits per heavy atom. The maximum atomic E-state index is 12.9. The smallest absolute Gasteiger partial charge is 0.254 e. The third-order valence-electron chi connectivity index (χ3n) is 5.63. The molecule has 5 nitrogen and oxygen atoms in total. The number of ether oxygens (including phenoxy) is 1. The van der Waals surface area contributed by atoms with Crippen LogP contribution < -0.4 is 15.7 Å². The Balaban J connectivity index is 2.06. The summed E-state index contributed by atoms with van der Waals surface area (Å²) in [5, 5.41) is -0.138. The summed E-state index contributed by atoms with van der Waals surface area (Å²) in [6, 6.07) is 7.17. The van der Waals surface area contributed by atoms with E-state index in [1.54, 1.807) is 0 Å². The molecule has 4 N–H and O–H groups in total. The molecule has 0 aliphatic heterocycles. The molecule has 0 saturated heterocycles. The van der Waals surface area contributed by atoms with E-state index in [-0.39, 0.29) is 21.8 Å². The zero-order valence-corrected chi connectivity index (χ0v) is 19.5. The highest BCUT2D eigenvalue weighted by Crippen LogP contribution is 2.49. The Kier molecular flexibility index (Phi) is 8.37. The highest BCUT2D eigenvalue weighted by molar-refractivity contribution is 8.10. The summed E-state index contributed by atoms with van der Waals surface area (Å²) in [6.45, 7) is 8.51. The van der Waals surface area contributed by atoms with Crippen molar-refractivity contribution in [3.05, 3.63) is 29.8 Å². The predicted molar refractivity (Wildman–Crippen MR) is 124 cm³/mol. The molecule has 0 heterocycles. The van der Waals surface area contributed by atoms with Crippen molar-refractivity contribution in [2.24, 2.45) is 22.3 Å². The van der Waals surface area contributed by atoms with Crippen LogP contribution in [0, 0.1) is 10.8 Å². The maximum Gasteiger partial charge on any atom is 0.254 e. The van der Waals surface area contributed by atoms with Crippen molar-refractivity contribution in [2.75, 3.05) is 0 Å². The number of unbranched alkanes of at least 4 members (excludes halogenated alkanes) is 1. The number of carbonyl (C=O) groups excluding carboxylic acids is 1. The highest BCUT2D eigenvalue weighted by Gasteiger charge is 2.48. The van der Waals surface area contributed by atoms with Gasteiger partial charge < -0.3 is 20.4 Å². The molecule has 0 spiro atoms. The van der Waals surface area contributed by atoms with Gasteiger partial charge in [0.05, 0.1) is 6.04 Å². The molecule has 3 unspecified atom stereocenters. The fourth-order valence-corrected chi connectivity index (χ4v) is 5.37. The number of hydrogen-bond donors (Lipinski definition) is 2. The molecule has 0 aromatic heterocycles. The first-order chi connectivity index (χ1) is 13.6. The van der Waals surface area contributed by atoms with E-state index >= 15 is 0 Å². The number of rotatable bonds is 8. The zero-order valence-electron chi connectivity index (χ0n) is 17.9. The quantitative estimate of drug-likeness (QED) is 0.447. The van der Waals surface area contributed by atoms with Crippen LogP contribution in [-0.2, 0) is 16.0 Å². The molecule has 1 aliphatic carbocycles. The van der Waals surface area contributed by atoms with E-state index in [2.05, 4.69) is 20.8 Å². The van der Waals surface area contributed by atoms with Crippen LogP contribution in [0.4, 0.5) is 0 Å². The van der Waals surface area contributed by atoms with Gasteiger partial charge >= 0.3 is 0 Å². The molecule has 2 rings (SSSR count). The summed E-state index contributed by atoms with van der Waals surface area (Å²) in [5.41, 5.74) is 12.7. The lowest BCUT2D eigenvalue weighted by Gasteiger charge is -2.48. The second-order valence-corrected chi connectivity index (χ2v) is 10.3. The number of para-hydroxylation sites is 1. The van der Waals surface area contributed by atoms with Gasteiger partial charge in [-0.15, -0.1) is 0 Å². The van der Waals surface area contributed by atoms with Crippen LogP contribution >= 0.6 is 24.3 Å². The van der Waals surface area contributed by atoms with Crippen LogP contribution in [0.3, 0.4) is 0 Å². The van der Waals surface area contributed by atoms with Crippen LogP contribution in [0.15, 0.2) is 24.3 Å². The molecule has 29 heavy (non-hydrogen) atoms. The molecule has 1 fully saturated rings. The van der Waals surface area contributed by atoms with Gasteiger partial charge in [0.15, 0.2) is 0 Å². The van der Waals surface area contributed by atoms with E-state index in [0.717, 1.165) is 55.5 Å². The summed E-state index contributed by atoms with van der Waals surface area (Å²) in [6.07, 6.45) is 5.25. The van der Waals surface area contributed by atoms with Crippen LogP contribution in [0.2, 0.25) is 0 Å². The molecule has 1 aromatic carbocycles. The molecule has 1 saturated carbocycles. The Morgan fingerprint density at radius 2 is 2.00 bits per heavy atom. The fourth-order valence-electron chi connectivity index (χ4n) is 4.51. The molecular weight excluding hydrogens is 404 g/mol. The molecule has 3 atom stereocenters. The van der Waals surface area contributed by atoms with Gasteiger partial charge in [0.1, 0.15) is 23.9 Å². The molecule has 0 bridgehead atoms. The van der Waals surface area contributed by atoms with Gasteiger partial charge in [0, 0.05) is 0 Å². The van der Waals surface area contributed by atoms with Crippen molar-refractivity contribution < 1.29 is 13.7 Å². The van der Waals surface area contributed by atoms with Gasteiger partial charge in [-0.2, -0.15) is 0 Å². The number of benzene rings is 1. The van der Waals surface area contributed by atoms with E-state index in [4.69, 9.17) is 32.6 Å². The van der Waals surface area contributed by atoms with Crippen molar-refractivity contribution in [1.82, 2.24) is 0 Å². The molecule has 7 heteroatoms. The Bertz CT molecular complexity index is 726. The van der Waals surface area contributed by atoms with Crippen molar-refractivity contribution in [2.45, 2.75) is 78.4 Å². The summed E-state index contributed by atoms with van der Waals surface area (Å²) in [7, 11) is 0. The third-order valence-corrected chi connectivity index (χ3v) is 6.41. The van der Waals surface area contributed by atoms with Crippen molar-refractivity contribution >= 4 is 34.6 Å². The van der Waals surface area contributed by atoms with E-state index in [1.807, 2.05) is 31.2 Å². The number of carbonyl (C=O) groups is 1. The minimum atomic E-state index is -0.674. The number of nitrogens with two attached hydrogens (primary N) is 2. The largest absolute Gasteiger partial charge is 0.468 e. The van der Waals surface area contributed by atoms with Crippen molar-refractivity contribution in [3.8, 4) is 5.75 Å². The molecule has 0 radical (unpaired) electrons. The van der Waals surface area contributed by atoms with Gasteiger partial charge in [-0.3, -0.25) is 4.79 Å². The van der Waals surface area contributed by atoms with Crippen molar-refractivity contribution in [1.29, 1.82) is 0 Å². The molecular formula is C22H34N2O3S2. The number of thiocarbonyl (C=S) groups is 1. The number of aryl methyl sites for hydroxylation is 1. The zero-order chi connectivity index (χ0) is 21.7. The molecule has 1 aliphatic rings. The van der Waals surface area contributed by atoms with Gasteiger partial charge in [-0.05, 0) is 66.8 Å². The van der Waals surface area contributed by atoms with Gasteiger partial charge in [-0.25, -0.2) is 0 Å². The average molecular weight is 439 g/mol. The normalized spacial score (nSPS) is 24.5. The number of hydrogen-bond acceptors (Lipinski definition) is 6. The van der Waals surface area contributed by atoms with Gasteiger partial charge in [0.2, 0.25) is 5.12 Å². The fraction of sp³-hybridized carbons (Fsp3) is 0.636. The minimum Gasteiger partial charge on any atom is -0.468 e. The summed E-state index contributed by atoms with van der Waals surface area (Å²) < 4.78 is 11.5. The van der Waals surface area contributed by atoms with E-state index in [9.17, 15) is 4.79 Å². The predicted octanol–water partition coefficient (Wildman–Crippen LogP) is 4.76. The van der Waals surface area contributed by atoms with Crippen molar-refractivity contribution in [3.63, 3.8) is 0 Å². The summed E-state index contributed by atoms with van der Waals surface area (Å²) >= 11 is 5.75. The summed E-state index contributed by atoms with van der Waals surface area (Å²) in [5.74, 6) is 0.732. The topological polar surface area (TPSA) is 87.6 Å². The Morgan fingerprint density at radius 3 is 2.66 bits per heavy atom. The molecule has 162 valence electrons. The van der Waals surface area contributed by atoms with E-state index < -0.39 is 11.5 Å². The second kappa shape index (κ2) is 10.1. The average Bonchev–Trinajstić information content (AvgIpc) is 2.62. The maximum absolute atomic E-state index is 12.9. The highest BCUT2D eigenvalue weighted by atomic mass is 32.2. The SMILES string of the molecule is CCCCc1ccccc1OSC(=O)C(N)C1(C)CC(OC(N)=S)CC(C)(C)C1. The van der Waals surface area contributed by atoms with Crippen LogP contribution in [0.25, 0.3) is 0 Å². The van der Waals surface area contributed by atoms with Crippen LogP contribution in [-0.4, -0.2) is 22.4 Å². The third kappa shape index (κ3) is 6.86. The first kappa shape index (κ1) is 24.0. The molecule has 1 aromatic rings. The lowest BCUT2D eigenvalue weighted by Crippen LogP contribution is -2.52. The van der Waals surface area contributed by atoms with E-state index in [0.29, 0.717) is 6.42 Å². The van der Waals surface area contributed by atoms with Crippen LogP contribution in [0.5, 0.6) is 5.75 Å². The van der Waals surface area contributed by atoms with Crippen LogP contribution in [0.1, 0.15) is 65.4 Å². The lowest BCUT2D eigenvalue weighted by atomic mass is 9.61. The molecule has 0 amide bonds. The van der Waals surface area contributed by atoms with Gasteiger partial charge in [0.25, 0.3) is 5.17 Å². The second-order valence-electron chi connectivity index (χ2n) is 9.14. The standard InChI is InChI=1S/C22H34N2O3S2/c1-5-6-9-15-10-7-8-11-17(15)27-29-19(25)18(23)22(4)13-16(26-20(24)28)12-21(2,3)14-22/h7-8,10-11,16,18H,5-6,9,12-14,23H2,1-4H3,(H2,24,28). The lowest BCUT2D eigenvalue weighted by molar-refractivity contribution is -0.117. The van der Waals surface area contributed by atoms with E-state index in [1.165, 1.54) is 0 Å². The Hall–Kier alpha value is -1.31. The first-order valence-corrected chi connectivity index (χ1v) is 11.4.